The molecule has 1 aromatic carbocycles. The van der Waals surface area contributed by atoms with Gasteiger partial charge in [0, 0.05) is 0 Å². The number of fused-ring (bicyclic) bond motifs is 2. The monoisotopic (exact) mass is 370 g/mol. The van der Waals surface area contributed by atoms with Crippen LogP contribution in [0.1, 0.15) is 121 Å². The molecule has 0 aliphatic heterocycles. The fourth-order valence-corrected chi connectivity index (χ4v) is 5.96. The Bertz CT molecular complexity index is 576. The Hall–Kier alpha value is -0.980. The maximum absolute atomic E-state index is 10.1. The average molecular weight is 371 g/mol. The molecule has 0 saturated heterocycles. The summed E-state index contributed by atoms with van der Waals surface area (Å²) in [6.07, 6.45) is 17.3. The molecule has 2 fully saturated rings. The van der Waals surface area contributed by atoms with Crippen LogP contribution >= 0.6 is 0 Å². The maximum atomic E-state index is 10.1. The molecule has 1 aromatic rings. The molecule has 0 radical (unpaired) electrons. The zero-order chi connectivity index (χ0) is 19.2. The van der Waals surface area contributed by atoms with E-state index in [1.807, 2.05) is 6.07 Å². The molecule has 3 rings (SSSR count). The minimum Gasteiger partial charge on any atom is -0.508 e. The fourth-order valence-electron chi connectivity index (χ4n) is 5.96. The third-order valence-electron chi connectivity index (χ3n) is 7.53. The Kier molecular flexibility index (Phi) is 7.67. The van der Waals surface area contributed by atoms with Gasteiger partial charge in [0.25, 0.3) is 0 Å². The molecule has 4 atom stereocenters. The first kappa shape index (κ1) is 20.7. The van der Waals surface area contributed by atoms with Gasteiger partial charge in [-0.1, -0.05) is 90.7 Å². The molecule has 1 N–H and O–H groups in total. The lowest BCUT2D eigenvalue weighted by Crippen LogP contribution is -2.17. The molecule has 0 aromatic heterocycles. The predicted octanol–water partition coefficient (Wildman–Crippen LogP) is 8.18. The summed E-state index contributed by atoms with van der Waals surface area (Å²) in [5.74, 6) is 4.51. The average Bonchev–Trinajstić information content (AvgIpc) is 3.24. The Morgan fingerprint density at radius 2 is 1.59 bits per heavy atom. The van der Waals surface area contributed by atoms with Crippen LogP contribution in [-0.4, -0.2) is 5.11 Å². The molecule has 27 heavy (non-hydrogen) atoms. The molecule has 1 heteroatoms. The first-order valence-electron chi connectivity index (χ1n) is 11.9. The fraction of sp³-hybridized carbons (Fsp3) is 0.769. The van der Waals surface area contributed by atoms with E-state index in [-0.39, 0.29) is 0 Å². The highest BCUT2D eigenvalue weighted by Gasteiger charge is 2.45. The summed E-state index contributed by atoms with van der Waals surface area (Å²) in [4.78, 5) is 0. The zero-order valence-corrected chi connectivity index (χ0v) is 18.1. The van der Waals surface area contributed by atoms with Crippen molar-refractivity contribution in [3.05, 3.63) is 29.3 Å². The van der Waals surface area contributed by atoms with E-state index in [1.54, 1.807) is 0 Å². The number of unbranched alkanes of at least 4 members (excludes halogenated alkanes) is 7. The maximum Gasteiger partial charge on any atom is 0.119 e. The largest absolute Gasteiger partial charge is 0.508 e. The smallest absolute Gasteiger partial charge is 0.119 e. The van der Waals surface area contributed by atoms with Crippen molar-refractivity contribution in [3.63, 3.8) is 0 Å². The highest BCUT2D eigenvalue weighted by atomic mass is 16.3. The van der Waals surface area contributed by atoms with Crippen LogP contribution in [0, 0.1) is 17.8 Å². The van der Waals surface area contributed by atoms with Crippen LogP contribution in [0.3, 0.4) is 0 Å². The van der Waals surface area contributed by atoms with Crippen molar-refractivity contribution < 1.29 is 5.11 Å². The minimum atomic E-state index is 0.401. The van der Waals surface area contributed by atoms with Gasteiger partial charge >= 0.3 is 0 Å². The molecule has 2 aliphatic rings. The van der Waals surface area contributed by atoms with E-state index in [2.05, 4.69) is 32.9 Å². The number of rotatable bonds is 11. The third kappa shape index (κ3) is 5.30. The van der Waals surface area contributed by atoms with Gasteiger partial charge in [0.1, 0.15) is 5.75 Å². The number of hydrogen-bond acceptors (Lipinski definition) is 1. The van der Waals surface area contributed by atoms with Crippen molar-refractivity contribution in [2.24, 2.45) is 17.8 Å². The van der Waals surface area contributed by atoms with Gasteiger partial charge in [0.15, 0.2) is 0 Å². The van der Waals surface area contributed by atoms with E-state index in [1.165, 1.54) is 82.6 Å². The molecule has 4 unspecified atom stereocenters. The third-order valence-corrected chi connectivity index (χ3v) is 7.53. The van der Waals surface area contributed by atoms with Crippen LogP contribution in [0.25, 0.3) is 0 Å². The van der Waals surface area contributed by atoms with Crippen molar-refractivity contribution in [1.82, 2.24) is 0 Å². The Balaban J connectivity index is 1.40. The quantitative estimate of drug-likeness (QED) is 0.389. The molecule has 1 nitrogen and oxygen atoms in total. The van der Waals surface area contributed by atoms with Crippen molar-refractivity contribution in [3.8, 4) is 5.75 Å². The summed E-state index contributed by atoms with van der Waals surface area (Å²) in [5.41, 5.74) is 2.63. The normalized spacial score (nSPS) is 27.0. The number of benzene rings is 1. The molecule has 0 heterocycles. The lowest BCUT2D eigenvalue weighted by molar-refractivity contribution is 0.282. The van der Waals surface area contributed by atoms with Gasteiger partial charge in [-0.25, -0.2) is 0 Å². The van der Waals surface area contributed by atoms with E-state index >= 15 is 0 Å². The molecular formula is C26H42O. The van der Waals surface area contributed by atoms with Crippen LogP contribution < -0.4 is 0 Å². The first-order valence-corrected chi connectivity index (χ1v) is 11.9. The summed E-state index contributed by atoms with van der Waals surface area (Å²) in [7, 11) is 0. The van der Waals surface area contributed by atoms with Crippen LogP contribution in [0.4, 0.5) is 0 Å². The summed E-state index contributed by atoms with van der Waals surface area (Å²) in [6.45, 7) is 6.66. The molecule has 2 bridgehead atoms. The van der Waals surface area contributed by atoms with E-state index in [0.717, 1.165) is 29.2 Å². The highest BCUT2D eigenvalue weighted by molar-refractivity contribution is 5.40. The highest BCUT2D eigenvalue weighted by Crippen LogP contribution is 2.57. The van der Waals surface area contributed by atoms with E-state index in [0.29, 0.717) is 11.7 Å². The Morgan fingerprint density at radius 3 is 2.22 bits per heavy atom. The van der Waals surface area contributed by atoms with E-state index in [9.17, 15) is 5.11 Å². The second-order valence-corrected chi connectivity index (χ2v) is 9.83. The van der Waals surface area contributed by atoms with Gasteiger partial charge in [0.05, 0.1) is 0 Å². The van der Waals surface area contributed by atoms with Gasteiger partial charge in [0.2, 0.25) is 0 Å². The van der Waals surface area contributed by atoms with Crippen molar-refractivity contribution in [2.45, 2.75) is 110 Å². The summed E-state index contributed by atoms with van der Waals surface area (Å²) >= 11 is 0. The Morgan fingerprint density at radius 1 is 0.889 bits per heavy atom. The first-order chi connectivity index (χ1) is 13.1. The van der Waals surface area contributed by atoms with Crippen LogP contribution in [0.2, 0.25) is 0 Å². The van der Waals surface area contributed by atoms with Gasteiger partial charge in [-0.15, -0.1) is 0 Å². The summed E-state index contributed by atoms with van der Waals surface area (Å²) in [5, 5.41) is 10.1. The van der Waals surface area contributed by atoms with Crippen molar-refractivity contribution in [1.29, 1.82) is 0 Å². The molecule has 2 saturated carbocycles. The second kappa shape index (κ2) is 9.99. The number of hydrogen-bond donors (Lipinski definition) is 1. The molecule has 0 spiro atoms. The SMILES string of the molecule is CCCCCCCCCCC1CC2CC1CC2c1ccc(O)c(C(C)C)c1. The number of phenolic OH excluding ortho intramolecular Hbond substituents is 1. The van der Waals surface area contributed by atoms with E-state index < -0.39 is 0 Å². The predicted molar refractivity (Wildman–Crippen MR) is 116 cm³/mol. The van der Waals surface area contributed by atoms with Gasteiger partial charge in [-0.05, 0) is 66.0 Å². The lowest BCUT2D eigenvalue weighted by Gasteiger charge is -2.29. The van der Waals surface area contributed by atoms with Crippen LogP contribution in [0.5, 0.6) is 5.75 Å². The Labute approximate surface area is 168 Å². The number of aromatic hydroxyl groups is 1. The van der Waals surface area contributed by atoms with Crippen LogP contribution in [-0.2, 0) is 0 Å². The second-order valence-electron chi connectivity index (χ2n) is 9.83. The van der Waals surface area contributed by atoms with Gasteiger partial charge in [-0.2, -0.15) is 0 Å². The van der Waals surface area contributed by atoms with Crippen molar-refractivity contribution in [2.75, 3.05) is 0 Å². The number of phenols is 1. The van der Waals surface area contributed by atoms with Crippen LogP contribution in [0.15, 0.2) is 18.2 Å². The van der Waals surface area contributed by atoms with E-state index in [4.69, 9.17) is 0 Å². The van der Waals surface area contributed by atoms with Gasteiger partial charge < -0.3 is 5.11 Å². The zero-order valence-electron chi connectivity index (χ0n) is 18.1. The van der Waals surface area contributed by atoms with Gasteiger partial charge in [-0.3, -0.25) is 0 Å². The summed E-state index contributed by atoms with van der Waals surface area (Å²) < 4.78 is 0. The lowest BCUT2D eigenvalue weighted by atomic mass is 9.76. The molecule has 0 amide bonds. The van der Waals surface area contributed by atoms with Crippen molar-refractivity contribution >= 4 is 0 Å². The summed E-state index contributed by atoms with van der Waals surface area (Å²) in [6, 6.07) is 6.44. The molecule has 152 valence electrons. The standard InChI is InChI=1S/C26H42O/c1-4-5-6-7-8-9-10-11-12-20-15-23-16-22(20)18-25(23)21-13-14-26(27)24(17-21)19(2)3/h13-14,17,19-20,22-23,25,27H,4-12,15-16,18H2,1-3H3. The molecular weight excluding hydrogens is 328 g/mol. The topological polar surface area (TPSA) is 20.2 Å². The molecule has 2 aliphatic carbocycles. The minimum absolute atomic E-state index is 0.401.